The summed E-state index contributed by atoms with van der Waals surface area (Å²) >= 11 is 1.38. The molecule has 0 amide bonds. The zero-order valence-corrected chi connectivity index (χ0v) is 14.6. The van der Waals surface area contributed by atoms with Crippen LogP contribution < -0.4 is 4.74 Å². The summed E-state index contributed by atoms with van der Waals surface area (Å²) in [5, 5.41) is 20.5. The van der Waals surface area contributed by atoms with Crippen LogP contribution in [0.2, 0.25) is 0 Å². The van der Waals surface area contributed by atoms with Crippen LogP contribution in [0.5, 0.6) is 5.75 Å². The molecule has 3 heterocycles. The van der Waals surface area contributed by atoms with Gasteiger partial charge in [0, 0.05) is 0 Å². The Balaban J connectivity index is 1.52. The van der Waals surface area contributed by atoms with Gasteiger partial charge in [0.15, 0.2) is 5.76 Å². The van der Waals surface area contributed by atoms with Gasteiger partial charge in [0.1, 0.15) is 11.4 Å². The Morgan fingerprint density at radius 1 is 1.12 bits per heavy atom. The number of thioether (sulfide) groups is 1. The van der Waals surface area contributed by atoms with Gasteiger partial charge in [-0.15, -0.1) is 15.3 Å². The summed E-state index contributed by atoms with van der Waals surface area (Å²) in [5.41, 5.74) is 0.767. The summed E-state index contributed by atoms with van der Waals surface area (Å²) in [6.07, 6.45) is 1.55. The van der Waals surface area contributed by atoms with Crippen molar-refractivity contribution in [3.05, 3.63) is 48.6 Å². The molecule has 4 aromatic rings. The predicted molar refractivity (Wildman–Crippen MR) is 91.9 cm³/mol. The second kappa shape index (κ2) is 7.40. The van der Waals surface area contributed by atoms with E-state index in [1.54, 1.807) is 23.1 Å². The minimum Gasteiger partial charge on any atom is -0.492 e. The molecule has 0 saturated carbocycles. The maximum Gasteiger partial charge on any atom is 0.283 e. The Labute approximate surface area is 152 Å². The molecule has 0 unspecified atom stereocenters. The molecule has 0 bridgehead atoms. The highest BCUT2D eigenvalue weighted by molar-refractivity contribution is 7.98. The molecule has 0 fully saturated rings. The van der Waals surface area contributed by atoms with Crippen LogP contribution in [0.1, 0.15) is 12.8 Å². The van der Waals surface area contributed by atoms with Crippen molar-refractivity contribution in [2.45, 2.75) is 17.8 Å². The quantitative estimate of drug-likeness (QED) is 0.454. The second-order valence-corrected chi connectivity index (χ2v) is 5.98. The number of tetrazole rings is 1. The molecule has 10 heteroatoms. The van der Waals surface area contributed by atoms with Crippen molar-refractivity contribution in [1.29, 1.82) is 0 Å². The van der Waals surface area contributed by atoms with Gasteiger partial charge in [0.05, 0.1) is 18.6 Å². The van der Waals surface area contributed by atoms with Crippen molar-refractivity contribution in [1.82, 2.24) is 30.4 Å². The highest BCUT2D eigenvalue weighted by Gasteiger charge is 2.16. The third kappa shape index (κ3) is 3.31. The van der Waals surface area contributed by atoms with Gasteiger partial charge in [-0.05, 0) is 41.6 Å². The maximum atomic E-state index is 5.65. The van der Waals surface area contributed by atoms with Crippen LogP contribution in [0.25, 0.3) is 17.3 Å². The molecule has 9 nitrogen and oxygen atoms in total. The normalized spacial score (nSPS) is 11.0. The lowest BCUT2D eigenvalue weighted by Crippen LogP contribution is -2.03. The SMILES string of the molecule is CCOc1ccccc1-n1nnnc1SCc1nnc(-c2ccco2)o1. The highest BCUT2D eigenvalue weighted by atomic mass is 32.2. The minimum atomic E-state index is 0.340. The smallest absolute Gasteiger partial charge is 0.283 e. The van der Waals surface area contributed by atoms with Crippen LogP contribution >= 0.6 is 11.8 Å². The zero-order chi connectivity index (χ0) is 17.8. The van der Waals surface area contributed by atoms with Gasteiger partial charge in [-0.2, -0.15) is 4.68 Å². The van der Waals surface area contributed by atoms with Gasteiger partial charge in [0.2, 0.25) is 11.0 Å². The standard InChI is InChI=1S/C16H14N6O3S/c1-2-23-12-7-4-3-6-11(12)22-16(19-20-21-22)26-10-14-17-18-15(25-14)13-8-5-9-24-13/h3-9H,2,10H2,1H3. The van der Waals surface area contributed by atoms with Crippen LogP contribution in [-0.2, 0) is 5.75 Å². The second-order valence-electron chi connectivity index (χ2n) is 5.04. The lowest BCUT2D eigenvalue weighted by atomic mass is 10.3. The van der Waals surface area contributed by atoms with E-state index in [0.29, 0.717) is 40.8 Å². The minimum absolute atomic E-state index is 0.340. The van der Waals surface area contributed by atoms with Gasteiger partial charge < -0.3 is 13.6 Å². The van der Waals surface area contributed by atoms with Crippen LogP contribution in [-0.4, -0.2) is 37.0 Å². The number of ether oxygens (including phenoxy) is 1. The van der Waals surface area contributed by atoms with Crippen molar-refractivity contribution >= 4 is 11.8 Å². The summed E-state index contributed by atoms with van der Waals surface area (Å²) in [4.78, 5) is 0. The van der Waals surface area contributed by atoms with E-state index in [1.165, 1.54) is 11.8 Å². The fraction of sp³-hybridized carbons (Fsp3) is 0.188. The summed E-state index contributed by atoms with van der Waals surface area (Å²) in [6.45, 7) is 2.48. The number of nitrogens with zero attached hydrogens (tertiary/aromatic N) is 6. The number of rotatable bonds is 7. The summed E-state index contributed by atoms with van der Waals surface area (Å²) in [7, 11) is 0. The lowest BCUT2D eigenvalue weighted by Gasteiger charge is -2.10. The highest BCUT2D eigenvalue weighted by Crippen LogP contribution is 2.28. The van der Waals surface area contributed by atoms with Crippen molar-refractivity contribution in [2.24, 2.45) is 0 Å². The third-order valence-corrected chi connectivity index (χ3v) is 4.26. The van der Waals surface area contributed by atoms with E-state index in [9.17, 15) is 0 Å². The molecule has 0 aliphatic rings. The molecule has 0 saturated heterocycles. The molecule has 0 atom stereocenters. The van der Waals surface area contributed by atoms with Crippen LogP contribution in [0.4, 0.5) is 0 Å². The van der Waals surface area contributed by atoms with Gasteiger partial charge in [-0.25, -0.2) is 0 Å². The van der Waals surface area contributed by atoms with Crippen molar-refractivity contribution in [3.8, 4) is 23.1 Å². The van der Waals surface area contributed by atoms with Gasteiger partial charge >= 0.3 is 0 Å². The first-order valence-electron chi connectivity index (χ1n) is 7.85. The number of hydrogen-bond acceptors (Lipinski definition) is 9. The molecule has 0 N–H and O–H groups in total. The Morgan fingerprint density at radius 2 is 2.04 bits per heavy atom. The molecular formula is C16H14N6O3S. The summed E-state index contributed by atoms with van der Waals surface area (Å²) in [5.74, 6) is 2.46. The van der Waals surface area contributed by atoms with Crippen molar-refractivity contribution in [2.75, 3.05) is 6.61 Å². The summed E-state index contributed by atoms with van der Waals surface area (Å²) in [6, 6.07) is 11.1. The van der Waals surface area contributed by atoms with E-state index in [1.807, 2.05) is 31.2 Å². The first-order chi connectivity index (χ1) is 12.8. The number of aromatic nitrogens is 6. The lowest BCUT2D eigenvalue weighted by molar-refractivity contribution is 0.337. The molecular weight excluding hydrogens is 356 g/mol. The topological polar surface area (TPSA) is 105 Å². The third-order valence-electron chi connectivity index (χ3n) is 3.36. The fourth-order valence-corrected chi connectivity index (χ4v) is 2.99. The Morgan fingerprint density at radius 3 is 2.88 bits per heavy atom. The maximum absolute atomic E-state index is 5.65. The van der Waals surface area contributed by atoms with Gasteiger partial charge in [-0.1, -0.05) is 23.9 Å². The monoisotopic (exact) mass is 370 g/mol. The van der Waals surface area contributed by atoms with Crippen LogP contribution in [0.3, 0.4) is 0 Å². The molecule has 3 aromatic heterocycles. The van der Waals surface area contributed by atoms with Crippen molar-refractivity contribution < 1.29 is 13.6 Å². The molecule has 0 aliphatic carbocycles. The zero-order valence-electron chi connectivity index (χ0n) is 13.8. The number of furan rings is 1. The first-order valence-corrected chi connectivity index (χ1v) is 8.83. The Hall–Kier alpha value is -3.14. The fourth-order valence-electron chi connectivity index (χ4n) is 2.27. The van der Waals surface area contributed by atoms with E-state index < -0.39 is 0 Å². The van der Waals surface area contributed by atoms with Crippen molar-refractivity contribution in [3.63, 3.8) is 0 Å². The van der Waals surface area contributed by atoms with E-state index in [4.69, 9.17) is 13.6 Å². The average Bonchev–Trinajstić information content (AvgIpc) is 3.41. The predicted octanol–water partition coefficient (Wildman–Crippen LogP) is 3.00. The number of benzene rings is 1. The van der Waals surface area contributed by atoms with Crippen LogP contribution in [0.15, 0.2) is 56.7 Å². The molecule has 132 valence electrons. The molecule has 0 aliphatic heterocycles. The van der Waals surface area contributed by atoms with Gasteiger partial charge in [-0.3, -0.25) is 0 Å². The number of hydrogen-bond donors (Lipinski definition) is 0. The van der Waals surface area contributed by atoms with Gasteiger partial charge in [0.25, 0.3) is 5.89 Å². The first kappa shape index (κ1) is 16.3. The molecule has 1 aromatic carbocycles. The number of para-hydroxylation sites is 2. The summed E-state index contributed by atoms with van der Waals surface area (Å²) < 4.78 is 18.1. The van der Waals surface area contributed by atoms with E-state index >= 15 is 0 Å². The molecule has 4 rings (SSSR count). The molecule has 0 radical (unpaired) electrons. The van der Waals surface area contributed by atoms with E-state index in [-0.39, 0.29) is 0 Å². The Kier molecular flexibility index (Phi) is 4.65. The van der Waals surface area contributed by atoms with Crippen LogP contribution in [0, 0.1) is 0 Å². The van der Waals surface area contributed by atoms with E-state index in [2.05, 4.69) is 25.7 Å². The average molecular weight is 370 g/mol. The Bertz CT molecular complexity index is 981. The molecule has 0 spiro atoms. The largest absolute Gasteiger partial charge is 0.492 e. The molecule has 26 heavy (non-hydrogen) atoms. The van der Waals surface area contributed by atoms with E-state index in [0.717, 1.165) is 5.69 Å².